The van der Waals surface area contributed by atoms with Crippen LogP contribution in [0.15, 0.2) is 17.0 Å². The zero-order chi connectivity index (χ0) is 13.3. The number of rotatable bonds is 3. The van der Waals surface area contributed by atoms with Gasteiger partial charge in [-0.05, 0) is 56.0 Å². The molecule has 0 saturated carbocycles. The summed E-state index contributed by atoms with van der Waals surface area (Å²) in [5.41, 5.74) is 1.30. The van der Waals surface area contributed by atoms with Crippen molar-refractivity contribution in [2.75, 3.05) is 12.8 Å². The highest BCUT2D eigenvalue weighted by atomic mass is 32.2. The fourth-order valence-electron chi connectivity index (χ4n) is 2.41. The van der Waals surface area contributed by atoms with E-state index in [0.29, 0.717) is 28.5 Å². The van der Waals surface area contributed by atoms with Crippen molar-refractivity contribution < 1.29 is 13.5 Å². The van der Waals surface area contributed by atoms with Gasteiger partial charge < -0.3 is 10.4 Å². The van der Waals surface area contributed by atoms with E-state index in [-0.39, 0.29) is 5.75 Å². The van der Waals surface area contributed by atoms with Crippen molar-refractivity contribution in [3.8, 4) is 5.75 Å². The van der Waals surface area contributed by atoms with E-state index in [0.717, 1.165) is 19.4 Å². The molecular formula is C13H19NO3S. The minimum Gasteiger partial charge on any atom is -0.508 e. The summed E-state index contributed by atoms with van der Waals surface area (Å²) in [6, 6.07) is 3.47. The molecule has 1 heterocycles. The third-order valence-electron chi connectivity index (χ3n) is 3.41. The molecule has 18 heavy (non-hydrogen) atoms. The normalized spacial score (nSPS) is 20.2. The molecule has 100 valence electrons. The second kappa shape index (κ2) is 4.90. The maximum atomic E-state index is 11.8. The van der Waals surface area contributed by atoms with Crippen LogP contribution in [0.1, 0.15) is 24.0 Å². The van der Waals surface area contributed by atoms with Crippen LogP contribution in [0.2, 0.25) is 0 Å². The van der Waals surface area contributed by atoms with Gasteiger partial charge in [0.2, 0.25) is 0 Å². The number of nitrogens with one attached hydrogen (secondary N) is 1. The van der Waals surface area contributed by atoms with E-state index in [1.807, 2.05) is 0 Å². The summed E-state index contributed by atoms with van der Waals surface area (Å²) in [5.74, 6) is 0.162. The first-order chi connectivity index (χ1) is 8.38. The topological polar surface area (TPSA) is 66.4 Å². The van der Waals surface area contributed by atoms with Crippen LogP contribution >= 0.6 is 0 Å². The van der Waals surface area contributed by atoms with Crippen molar-refractivity contribution in [1.29, 1.82) is 0 Å². The first kappa shape index (κ1) is 13.4. The minimum absolute atomic E-state index is 0.162. The lowest BCUT2D eigenvalue weighted by molar-refractivity contribution is 0.468. The monoisotopic (exact) mass is 269 g/mol. The molecule has 0 spiro atoms. The molecule has 0 aliphatic carbocycles. The van der Waals surface area contributed by atoms with Gasteiger partial charge in [-0.1, -0.05) is 0 Å². The van der Waals surface area contributed by atoms with Gasteiger partial charge in [0.05, 0.1) is 4.90 Å². The summed E-state index contributed by atoms with van der Waals surface area (Å²) in [7, 11) is -3.25. The second-order valence-corrected chi connectivity index (χ2v) is 7.00. The molecule has 2 rings (SSSR count). The molecule has 5 heteroatoms. The van der Waals surface area contributed by atoms with Gasteiger partial charge >= 0.3 is 0 Å². The molecule has 0 bridgehead atoms. The van der Waals surface area contributed by atoms with Gasteiger partial charge in [-0.3, -0.25) is 0 Å². The summed E-state index contributed by atoms with van der Waals surface area (Å²) in [5, 5.41) is 13.1. The summed E-state index contributed by atoms with van der Waals surface area (Å²) < 4.78 is 23.6. The Morgan fingerprint density at radius 3 is 2.72 bits per heavy atom. The van der Waals surface area contributed by atoms with Gasteiger partial charge in [0.1, 0.15) is 5.75 Å². The van der Waals surface area contributed by atoms with E-state index in [1.54, 1.807) is 19.1 Å². The number of phenolic OH excluding ortho intramolecular Hbond substituents is 1. The van der Waals surface area contributed by atoms with Crippen LogP contribution < -0.4 is 5.32 Å². The standard InChI is InChI=1S/C13H19NO3S/c1-9-6-13(18(2,16)17)10(8-12(9)15)7-11-4-3-5-14-11/h6,8,11,14-15H,3-5,7H2,1-2H3. The minimum atomic E-state index is -3.25. The number of aryl methyl sites for hydroxylation is 1. The van der Waals surface area contributed by atoms with E-state index < -0.39 is 9.84 Å². The fourth-order valence-corrected chi connectivity index (χ4v) is 3.42. The Morgan fingerprint density at radius 1 is 1.44 bits per heavy atom. The Morgan fingerprint density at radius 2 is 2.17 bits per heavy atom. The van der Waals surface area contributed by atoms with Gasteiger partial charge in [0, 0.05) is 12.3 Å². The zero-order valence-electron chi connectivity index (χ0n) is 10.7. The predicted molar refractivity (Wildman–Crippen MR) is 70.7 cm³/mol. The Hall–Kier alpha value is -1.07. The molecule has 0 radical (unpaired) electrons. The average molecular weight is 269 g/mol. The zero-order valence-corrected chi connectivity index (χ0v) is 11.5. The highest BCUT2D eigenvalue weighted by Gasteiger charge is 2.21. The van der Waals surface area contributed by atoms with E-state index >= 15 is 0 Å². The van der Waals surface area contributed by atoms with Crippen LogP contribution in [0, 0.1) is 6.92 Å². The van der Waals surface area contributed by atoms with Crippen LogP contribution in [-0.4, -0.2) is 32.4 Å². The third-order valence-corrected chi connectivity index (χ3v) is 4.59. The molecule has 1 unspecified atom stereocenters. The first-order valence-electron chi connectivity index (χ1n) is 6.14. The molecule has 2 N–H and O–H groups in total. The lowest BCUT2D eigenvalue weighted by Crippen LogP contribution is -2.24. The second-order valence-electron chi connectivity index (χ2n) is 5.02. The highest BCUT2D eigenvalue weighted by molar-refractivity contribution is 7.90. The molecule has 1 aliphatic heterocycles. The largest absolute Gasteiger partial charge is 0.508 e. The fraction of sp³-hybridized carbons (Fsp3) is 0.538. The SMILES string of the molecule is Cc1cc(S(C)(=O)=O)c(CC2CCCN2)cc1O. The van der Waals surface area contributed by atoms with Gasteiger partial charge in [0.25, 0.3) is 0 Å². The van der Waals surface area contributed by atoms with Gasteiger partial charge in [-0.25, -0.2) is 8.42 Å². The molecule has 4 nitrogen and oxygen atoms in total. The molecule has 1 aromatic rings. The van der Waals surface area contributed by atoms with Crippen molar-refractivity contribution >= 4 is 9.84 Å². The van der Waals surface area contributed by atoms with Crippen LogP contribution in [0.25, 0.3) is 0 Å². The number of hydrogen-bond donors (Lipinski definition) is 2. The quantitative estimate of drug-likeness (QED) is 0.870. The smallest absolute Gasteiger partial charge is 0.175 e. The number of phenols is 1. The maximum absolute atomic E-state index is 11.8. The number of aromatic hydroxyl groups is 1. The lowest BCUT2D eigenvalue weighted by atomic mass is 10.0. The van der Waals surface area contributed by atoms with Gasteiger partial charge in [-0.15, -0.1) is 0 Å². The number of hydrogen-bond acceptors (Lipinski definition) is 4. The molecule has 1 atom stereocenters. The summed E-state index contributed by atoms with van der Waals surface area (Å²) in [6.45, 7) is 2.69. The van der Waals surface area contributed by atoms with Gasteiger partial charge in [-0.2, -0.15) is 0 Å². The molecule has 0 aromatic heterocycles. The van der Waals surface area contributed by atoms with E-state index in [4.69, 9.17) is 0 Å². The number of benzene rings is 1. The summed E-state index contributed by atoms with van der Waals surface area (Å²) in [4.78, 5) is 0.339. The molecule has 1 fully saturated rings. The van der Waals surface area contributed by atoms with Crippen molar-refractivity contribution in [1.82, 2.24) is 5.32 Å². The van der Waals surface area contributed by atoms with Crippen molar-refractivity contribution in [2.45, 2.75) is 37.1 Å². The Balaban J connectivity index is 2.40. The van der Waals surface area contributed by atoms with Crippen molar-refractivity contribution in [2.24, 2.45) is 0 Å². The molecule has 1 saturated heterocycles. The van der Waals surface area contributed by atoms with E-state index in [1.165, 1.54) is 6.26 Å². The molecule has 1 aliphatic rings. The third kappa shape index (κ3) is 2.84. The first-order valence-corrected chi connectivity index (χ1v) is 8.03. The maximum Gasteiger partial charge on any atom is 0.175 e. The number of sulfone groups is 1. The predicted octanol–water partition coefficient (Wildman–Crippen LogP) is 1.40. The van der Waals surface area contributed by atoms with Crippen LogP contribution in [0.5, 0.6) is 5.75 Å². The van der Waals surface area contributed by atoms with Crippen LogP contribution in [0.3, 0.4) is 0 Å². The van der Waals surface area contributed by atoms with Crippen molar-refractivity contribution in [3.63, 3.8) is 0 Å². The van der Waals surface area contributed by atoms with Crippen LogP contribution in [0.4, 0.5) is 0 Å². The Bertz CT molecular complexity index is 546. The lowest BCUT2D eigenvalue weighted by Gasteiger charge is -2.15. The summed E-state index contributed by atoms with van der Waals surface area (Å²) in [6.07, 6.45) is 4.04. The van der Waals surface area contributed by atoms with Crippen LogP contribution in [-0.2, 0) is 16.3 Å². The van der Waals surface area contributed by atoms with E-state index in [9.17, 15) is 13.5 Å². The van der Waals surface area contributed by atoms with Crippen molar-refractivity contribution in [3.05, 3.63) is 23.3 Å². The van der Waals surface area contributed by atoms with E-state index in [2.05, 4.69) is 5.32 Å². The summed E-state index contributed by atoms with van der Waals surface area (Å²) >= 11 is 0. The molecular weight excluding hydrogens is 250 g/mol. The molecule has 1 aromatic carbocycles. The highest BCUT2D eigenvalue weighted by Crippen LogP contribution is 2.27. The Kier molecular flexibility index (Phi) is 3.64. The van der Waals surface area contributed by atoms with Gasteiger partial charge in [0.15, 0.2) is 9.84 Å². The average Bonchev–Trinajstić information content (AvgIpc) is 2.74. The Labute approximate surface area is 108 Å². The molecule has 0 amide bonds.